The molecule has 0 saturated heterocycles. The first-order valence-corrected chi connectivity index (χ1v) is 21.4. The molecule has 4 aromatic carbocycles. The molecule has 284 valence electrons. The number of aromatic amines is 2. The van der Waals surface area contributed by atoms with E-state index in [-0.39, 0.29) is 55.9 Å². The zero-order valence-corrected chi connectivity index (χ0v) is 33.4. The number of rotatable bonds is 9. The predicted octanol–water partition coefficient (Wildman–Crippen LogP) is 8.30. The number of H-pyrrole nitrogens is 2. The molecule has 4 N–H and O–H groups in total. The minimum absolute atomic E-state index is 0.00261. The third kappa shape index (κ3) is 6.68. The molecule has 0 atom stereocenters. The van der Waals surface area contributed by atoms with Crippen LogP contribution in [-0.4, -0.2) is 51.7 Å². The van der Waals surface area contributed by atoms with Gasteiger partial charge in [-0.3, -0.25) is 19.0 Å². The van der Waals surface area contributed by atoms with Crippen molar-refractivity contribution < 1.29 is 26.4 Å². The number of hydrogen-bond acceptors (Lipinski definition) is 6. The Labute approximate surface area is 335 Å². The average molecular weight is 861 g/mol. The zero-order valence-electron chi connectivity index (χ0n) is 28.8. The van der Waals surface area contributed by atoms with Crippen LogP contribution in [0.15, 0.2) is 76.7 Å². The minimum Gasteiger partial charge on any atom is -0.358 e. The molecule has 0 bridgehead atoms. The molecule has 0 aliphatic carbocycles. The summed E-state index contributed by atoms with van der Waals surface area (Å²) < 4.78 is 59.5. The molecule has 55 heavy (non-hydrogen) atoms. The number of amides is 2. The van der Waals surface area contributed by atoms with Crippen molar-refractivity contribution in [2.75, 3.05) is 32.3 Å². The number of halogens is 4. The Hall–Kier alpha value is -4.44. The summed E-state index contributed by atoms with van der Waals surface area (Å²) in [4.78, 5) is 35.0. The summed E-state index contributed by atoms with van der Waals surface area (Å²) in [6, 6.07) is 15.5. The van der Waals surface area contributed by atoms with Crippen molar-refractivity contribution in [3.8, 4) is 0 Å². The van der Waals surface area contributed by atoms with E-state index in [1.165, 1.54) is 49.5 Å². The van der Waals surface area contributed by atoms with Gasteiger partial charge < -0.3 is 19.8 Å². The van der Waals surface area contributed by atoms with E-state index in [1.807, 2.05) is 0 Å². The summed E-state index contributed by atoms with van der Waals surface area (Å²) in [7, 11) is -8.16. The highest BCUT2D eigenvalue weighted by Crippen LogP contribution is 2.40. The predicted molar refractivity (Wildman–Crippen MR) is 217 cm³/mol. The van der Waals surface area contributed by atoms with Crippen LogP contribution in [0.1, 0.15) is 30.2 Å². The summed E-state index contributed by atoms with van der Waals surface area (Å²) in [5.74, 6) is -0.376. The van der Waals surface area contributed by atoms with E-state index in [9.17, 15) is 26.4 Å². The van der Waals surface area contributed by atoms with Gasteiger partial charge in [0.1, 0.15) is 0 Å². The Morgan fingerprint density at radius 2 is 1.33 bits per heavy atom. The van der Waals surface area contributed by atoms with Gasteiger partial charge in [0.25, 0.3) is 20.0 Å². The first kappa shape index (κ1) is 37.5. The molecule has 0 unspecified atom stereocenters. The smallest absolute Gasteiger partial charge is 0.262 e. The van der Waals surface area contributed by atoms with Crippen molar-refractivity contribution in [2.24, 2.45) is 0 Å². The maximum atomic E-state index is 13.7. The van der Waals surface area contributed by atoms with Crippen LogP contribution in [-0.2, 0) is 48.9 Å². The molecule has 6 aromatic rings. The Kier molecular flexibility index (Phi) is 9.50. The van der Waals surface area contributed by atoms with Gasteiger partial charge in [-0.1, -0.05) is 52.5 Å². The normalized spacial score (nSPS) is 14.1. The van der Waals surface area contributed by atoms with Gasteiger partial charge in [-0.15, -0.1) is 0 Å². The lowest BCUT2D eigenvalue weighted by Crippen LogP contribution is -2.29. The number of aryl methyl sites for hydroxylation is 1. The molecule has 0 saturated carbocycles. The number of carbonyl (C=O) groups excluding carboxylic acids is 2. The second-order valence-corrected chi connectivity index (χ2v) is 18.2. The lowest BCUT2D eigenvalue weighted by atomic mass is 10.1. The molecule has 4 heterocycles. The second kappa shape index (κ2) is 13.9. The molecule has 18 heteroatoms. The number of nitrogens with zero attached hydrogens (tertiary/aromatic N) is 2. The molecule has 2 aliphatic heterocycles. The molecule has 2 aromatic heterocycles. The number of aromatic nitrogens is 2. The highest BCUT2D eigenvalue weighted by atomic mass is 35.5. The SMILES string of the molecule is CC(=O)N1CCc2cc(S(=O)(=O)Nc3ccc(Cl)c4c(Cl)c(CCC(=O)N5CCc6ccc(S(=O)(=O)Nc7ccc(Cl)c8c(Cl)c[nH]c78)cc65)[nH]c34)ccc21. The standard InChI is InChI=1S/C37H30Cl4N6O6S2/c1-19(48)46-14-13-21-16-22(4-10-30(21)46)54(50,51)45-29-8-6-25(39)34-35(41)27(43-37(29)34)9-11-32(49)47-15-12-20-2-3-23(17-31(20)47)55(52,53)44-28-7-5-24(38)33-26(40)18-42-36(28)33/h2-8,10,16-18,42-45H,9,11-15H2,1H3. The van der Waals surface area contributed by atoms with Gasteiger partial charge in [-0.25, -0.2) is 16.8 Å². The number of benzene rings is 4. The van der Waals surface area contributed by atoms with Crippen molar-refractivity contribution in [2.45, 2.75) is 42.4 Å². The average Bonchev–Trinajstić information content (AvgIpc) is 3.94. The number of carbonyl (C=O) groups is 2. The van der Waals surface area contributed by atoms with Crippen molar-refractivity contribution in [3.63, 3.8) is 0 Å². The van der Waals surface area contributed by atoms with E-state index in [0.717, 1.165) is 11.1 Å². The quantitative estimate of drug-likeness (QED) is 0.114. The fourth-order valence-corrected chi connectivity index (χ4v) is 10.6. The Morgan fingerprint density at radius 3 is 2.04 bits per heavy atom. The summed E-state index contributed by atoms with van der Waals surface area (Å²) in [6.45, 7) is 2.31. The highest BCUT2D eigenvalue weighted by Gasteiger charge is 2.29. The van der Waals surface area contributed by atoms with Crippen molar-refractivity contribution >= 4 is 123 Å². The van der Waals surface area contributed by atoms with Gasteiger partial charge in [-0.2, -0.15) is 0 Å². The van der Waals surface area contributed by atoms with Gasteiger partial charge in [0.2, 0.25) is 11.8 Å². The molecule has 12 nitrogen and oxygen atoms in total. The van der Waals surface area contributed by atoms with Gasteiger partial charge in [-0.05, 0) is 85.0 Å². The van der Waals surface area contributed by atoms with E-state index < -0.39 is 20.0 Å². The van der Waals surface area contributed by atoms with E-state index >= 15 is 0 Å². The van der Waals surface area contributed by atoms with Crippen molar-refractivity contribution in [1.29, 1.82) is 0 Å². The summed E-state index contributed by atoms with van der Waals surface area (Å²) in [5, 5.41) is 2.14. The van der Waals surface area contributed by atoms with Crippen LogP contribution in [0, 0.1) is 0 Å². The lowest BCUT2D eigenvalue weighted by Gasteiger charge is -2.18. The second-order valence-electron chi connectivity index (χ2n) is 13.3. The van der Waals surface area contributed by atoms with Crippen LogP contribution < -0.4 is 19.2 Å². The first-order chi connectivity index (χ1) is 26.1. The third-order valence-electron chi connectivity index (χ3n) is 9.93. The maximum Gasteiger partial charge on any atom is 0.262 e. The Morgan fingerprint density at radius 1 is 0.709 bits per heavy atom. The zero-order chi connectivity index (χ0) is 39.0. The fourth-order valence-electron chi connectivity index (χ4n) is 7.22. The topological polar surface area (TPSA) is 165 Å². The van der Waals surface area contributed by atoms with Crippen LogP contribution in [0.2, 0.25) is 20.1 Å². The lowest BCUT2D eigenvalue weighted by molar-refractivity contribution is -0.118. The van der Waals surface area contributed by atoms with Crippen LogP contribution in [0.4, 0.5) is 22.7 Å². The molecule has 0 fully saturated rings. The van der Waals surface area contributed by atoms with Crippen molar-refractivity contribution in [3.05, 3.63) is 104 Å². The van der Waals surface area contributed by atoms with E-state index in [2.05, 4.69) is 19.4 Å². The van der Waals surface area contributed by atoms with Crippen LogP contribution >= 0.6 is 46.4 Å². The van der Waals surface area contributed by atoms with Crippen LogP contribution in [0.3, 0.4) is 0 Å². The molecule has 2 aliphatic rings. The van der Waals surface area contributed by atoms with E-state index in [0.29, 0.717) is 74.9 Å². The third-order valence-corrected chi connectivity index (χ3v) is 14.0. The number of nitrogens with one attached hydrogen (secondary N) is 4. The number of sulfonamides is 2. The number of anilines is 4. The summed E-state index contributed by atoms with van der Waals surface area (Å²) >= 11 is 25.9. The maximum absolute atomic E-state index is 13.7. The molecule has 0 radical (unpaired) electrons. The number of hydrogen-bond donors (Lipinski definition) is 4. The molecular weight excluding hydrogens is 830 g/mol. The van der Waals surface area contributed by atoms with E-state index in [4.69, 9.17) is 46.4 Å². The van der Waals surface area contributed by atoms with Crippen LogP contribution in [0.5, 0.6) is 0 Å². The summed E-state index contributed by atoms with van der Waals surface area (Å²) in [5.41, 5.74) is 4.48. The minimum atomic E-state index is -4.09. The Bertz CT molecular complexity index is 2840. The first-order valence-electron chi connectivity index (χ1n) is 17.0. The fraction of sp³-hybridized carbons (Fsp3) is 0.189. The Balaban J connectivity index is 1.00. The molecule has 8 rings (SSSR count). The molecule has 0 spiro atoms. The monoisotopic (exact) mass is 858 g/mol. The van der Waals surface area contributed by atoms with E-state index in [1.54, 1.807) is 34.1 Å². The van der Waals surface area contributed by atoms with Gasteiger partial charge >= 0.3 is 0 Å². The van der Waals surface area contributed by atoms with Gasteiger partial charge in [0, 0.05) is 60.5 Å². The number of fused-ring (bicyclic) bond motifs is 4. The largest absolute Gasteiger partial charge is 0.358 e. The van der Waals surface area contributed by atoms with Gasteiger partial charge in [0.15, 0.2) is 0 Å². The molecular formula is C37H30Cl4N6O6S2. The highest BCUT2D eigenvalue weighted by molar-refractivity contribution is 7.93. The van der Waals surface area contributed by atoms with Crippen LogP contribution in [0.25, 0.3) is 21.8 Å². The van der Waals surface area contributed by atoms with Crippen molar-refractivity contribution in [1.82, 2.24) is 9.97 Å². The molecule has 2 amide bonds. The summed E-state index contributed by atoms with van der Waals surface area (Å²) in [6.07, 6.45) is 2.76. The van der Waals surface area contributed by atoms with Gasteiger partial charge in [0.05, 0.1) is 52.3 Å².